The number of nitrogens with zero attached hydrogens (tertiary/aromatic N) is 2. The average Bonchev–Trinajstić information content (AvgIpc) is 3.23. The van der Waals surface area contributed by atoms with Crippen LogP contribution in [0.5, 0.6) is 5.75 Å². The Hall–Kier alpha value is -4.38. The molecule has 0 radical (unpaired) electrons. The molecule has 1 unspecified atom stereocenters. The number of sulfonamides is 1. The van der Waals surface area contributed by atoms with E-state index in [1.54, 1.807) is 39.0 Å². The first-order valence-corrected chi connectivity index (χ1v) is 14.8. The number of ether oxygens (including phenoxy) is 2. The number of benzene rings is 3. The van der Waals surface area contributed by atoms with Crippen LogP contribution in [0.25, 0.3) is 0 Å². The minimum atomic E-state index is -4.14. The number of anilines is 2. The largest absolute Gasteiger partial charge is 0.489 e. The zero-order valence-corrected chi connectivity index (χ0v) is 24.1. The molecule has 11 heteroatoms. The van der Waals surface area contributed by atoms with Crippen molar-refractivity contribution >= 4 is 39.4 Å². The molecule has 0 fully saturated rings. The first kappa shape index (κ1) is 29.6. The molecule has 0 saturated heterocycles. The van der Waals surface area contributed by atoms with Gasteiger partial charge in [0.25, 0.3) is 0 Å². The van der Waals surface area contributed by atoms with E-state index in [0.29, 0.717) is 22.3 Å². The maximum atomic E-state index is 13.6. The number of hydrogen-bond donors (Lipinski definition) is 1. The van der Waals surface area contributed by atoms with E-state index in [4.69, 9.17) is 9.47 Å². The zero-order chi connectivity index (χ0) is 29.9. The highest BCUT2D eigenvalue weighted by Crippen LogP contribution is 2.38. The van der Waals surface area contributed by atoms with Gasteiger partial charge in [-0.2, -0.15) is 0 Å². The molecule has 0 saturated carbocycles. The SMILES string of the molecule is CC(C)(C)OC(=O)N1c2ccc(OCc3ccccc3)cc2CC1CC(=O)N(c1cccc(C(=O)O)c1)S(C)(=O)=O. The predicted octanol–water partition coefficient (Wildman–Crippen LogP) is 5.01. The van der Waals surface area contributed by atoms with Gasteiger partial charge >= 0.3 is 12.1 Å². The lowest BCUT2D eigenvalue weighted by Gasteiger charge is -2.30. The summed E-state index contributed by atoms with van der Waals surface area (Å²) >= 11 is 0. The molecule has 216 valence electrons. The number of carbonyl (C=O) groups is 3. The van der Waals surface area contributed by atoms with Crippen LogP contribution in [0.2, 0.25) is 0 Å². The van der Waals surface area contributed by atoms with E-state index in [1.807, 2.05) is 30.3 Å². The number of carbonyl (C=O) groups excluding carboxylic acids is 2. The molecule has 1 atom stereocenters. The molecule has 1 N–H and O–H groups in total. The molecular formula is C30H32N2O8S. The van der Waals surface area contributed by atoms with E-state index in [9.17, 15) is 27.9 Å². The highest BCUT2D eigenvalue weighted by atomic mass is 32.2. The lowest BCUT2D eigenvalue weighted by Crippen LogP contribution is -2.45. The second kappa shape index (κ2) is 11.6. The van der Waals surface area contributed by atoms with Crippen molar-refractivity contribution < 1.29 is 37.4 Å². The van der Waals surface area contributed by atoms with Crippen LogP contribution in [-0.2, 0) is 32.6 Å². The number of hydrogen-bond acceptors (Lipinski definition) is 7. The second-order valence-electron chi connectivity index (χ2n) is 10.8. The molecule has 3 aromatic rings. The van der Waals surface area contributed by atoms with Gasteiger partial charge in [0, 0.05) is 6.42 Å². The maximum absolute atomic E-state index is 13.6. The Morgan fingerprint density at radius 1 is 1.00 bits per heavy atom. The van der Waals surface area contributed by atoms with Gasteiger partial charge in [-0.25, -0.2) is 22.3 Å². The van der Waals surface area contributed by atoms with Gasteiger partial charge in [0.1, 0.15) is 18.0 Å². The second-order valence-corrected chi connectivity index (χ2v) is 12.6. The van der Waals surface area contributed by atoms with Crippen LogP contribution in [-0.4, -0.2) is 49.4 Å². The number of carboxylic acid groups (broad SMARTS) is 1. The van der Waals surface area contributed by atoms with E-state index < -0.39 is 39.6 Å². The number of carboxylic acids is 1. The molecule has 0 spiro atoms. The van der Waals surface area contributed by atoms with Crippen molar-refractivity contribution in [2.75, 3.05) is 15.5 Å². The minimum Gasteiger partial charge on any atom is -0.489 e. The van der Waals surface area contributed by atoms with Crippen molar-refractivity contribution in [1.29, 1.82) is 0 Å². The number of amides is 2. The third kappa shape index (κ3) is 7.23. The molecule has 10 nitrogen and oxygen atoms in total. The van der Waals surface area contributed by atoms with Gasteiger partial charge in [-0.3, -0.25) is 9.69 Å². The molecule has 0 aromatic heterocycles. The van der Waals surface area contributed by atoms with E-state index in [1.165, 1.54) is 23.1 Å². The van der Waals surface area contributed by atoms with E-state index in [2.05, 4.69) is 0 Å². The standard InChI is InChI=1S/C30H32N2O8S/c1-30(2,3)40-29(36)31-24(16-22-17-25(13-14-26(22)31)39-19-20-9-6-5-7-10-20)18-27(33)32(41(4,37)38)23-12-8-11-21(15-23)28(34)35/h5-15,17,24H,16,18-19H2,1-4H3,(H,34,35). The Bertz CT molecular complexity index is 1560. The summed E-state index contributed by atoms with van der Waals surface area (Å²) in [5, 5.41) is 9.36. The third-order valence-electron chi connectivity index (χ3n) is 6.27. The summed E-state index contributed by atoms with van der Waals surface area (Å²) in [4.78, 5) is 39.7. The van der Waals surface area contributed by atoms with Crippen LogP contribution >= 0.6 is 0 Å². The molecule has 1 aliphatic heterocycles. The van der Waals surface area contributed by atoms with Gasteiger partial charge in [0.2, 0.25) is 15.9 Å². The fraction of sp³-hybridized carbons (Fsp3) is 0.300. The molecule has 1 aliphatic rings. The highest BCUT2D eigenvalue weighted by molar-refractivity contribution is 7.92. The summed E-state index contributed by atoms with van der Waals surface area (Å²) in [6.45, 7) is 5.52. The average molecular weight is 581 g/mol. The van der Waals surface area contributed by atoms with Gasteiger partial charge in [0.05, 0.1) is 29.2 Å². The van der Waals surface area contributed by atoms with Crippen LogP contribution in [0.15, 0.2) is 72.8 Å². The molecule has 2 amide bonds. The van der Waals surface area contributed by atoms with Gasteiger partial charge in [-0.1, -0.05) is 36.4 Å². The normalized spacial score (nSPS) is 14.7. The predicted molar refractivity (Wildman–Crippen MR) is 154 cm³/mol. The van der Waals surface area contributed by atoms with Crippen molar-refractivity contribution in [3.63, 3.8) is 0 Å². The van der Waals surface area contributed by atoms with E-state index in [0.717, 1.165) is 23.4 Å². The summed E-state index contributed by atoms with van der Waals surface area (Å²) in [5.74, 6) is -1.51. The molecule has 4 rings (SSSR count). The van der Waals surface area contributed by atoms with Crippen LogP contribution in [0, 0.1) is 0 Å². The summed E-state index contributed by atoms with van der Waals surface area (Å²) < 4.78 is 37.6. The fourth-order valence-electron chi connectivity index (χ4n) is 4.63. The monoisotopic (exact) mass is 580 g/mol. The lowest BCUT2D eigenvalue weighted by molar-refractivity contribution is -0.117. The summed E-state index contributed by atoms with van der Waals surface area (Å²) in [6, 6.07) is 19.2. The number of aromatic carboxylic acids is 1. The Labute approximate surface area is 239 Å². The number of rotatable bonds is 8. The van der Waals surface area contributed by atoms with Crippen molar-refractivity contribution in [1.82, 2.24) is 0 Å². The summed E-state index contributed by atoms with van der Waals surface area (Å²) in [6.07, 6.45) is 0.0727. The lowest BCUT2D eigenvalue weighted by atomic mass is 10.1. The van der Waals surface area contributed by atoms with Gasteiger partial charge < -0.3 is 14.6 Å². The molecule has 3 aromatic carbocycles. The molecular weight excluding hydrogens is 548 g/mol. The smallest absolute Gasteiger partial charge is 0.415 e. The Balaban J connectivity index is 1.63. The summed E-state index contributed by atoms with van der Waals surface area (Å²) in [7, 11) is -4.14. The van der Waals surface area contributed by atoms with Gasteiger partial charge in [-0.15, -0.1) is 0 Å². The van der Waals surface area contributed by atoms with Crippen molar-refractivity contribution in [2.45, 2.75) is 51.9 Å². The van der Waals surface area contributed by atoms with Crippen molar-refractivity contribution in [3.05, 3.63) is 89.5 Å². The van der Waals surface area contributed by atoms with E-state index >= 15 is 0 Å². The van der Waals surface area contributed by atoms with E-state index in [-0.39, 0.29) is 24.1 Å². The maximum Gasteiger partial charge on any atom is 0.415 e. The quantitative estimate of drug-likeness (QED) is 0.393. The molecule has 41 heavy (non-hydrogen) atoms. The Kier molecular flexibility index (Phi) is 8.39. The Morgan fingerprint density at radius 3 is 2.34 bits per heavy atom. The highest BCUT2D eigenvalue weighted by Gasteiger charge is 2.40. The zero-order valence-electron chi connectivity index (χ0n) is 23.2. The van der Waals surface area contributed by atoms with Crippen LogP contribution < -0.4 is 13.9 Å². The number of fused-ring (bicyclic) bond motifs is 1. The minimum absolute atomic E-state index is 0.103. The molecule has 0 aliphatic carbocycles. The summed E-state index contributed by atoms with van der Waals surface area (Å²) in [5.41, 5.74) is 1.16. The van der Waals surface area contributed by atoms with Crippen LogP contribution in [0.1, 0.15) is 48.7 Å². The van der Waals surface area contributed by atoms with Gasteiger partial charge in [0.15, 0.2) is 0 Å². The van der Waals surface area contributed by atoms with Crippen LogP contribution in [0.4, 0.5) is 16.2 Å². The topological polar surface area (TPSA) is 131 Å². The molecule has 0 bridgehead atoms. The van der Waals surface area contributed by atoms with Gasteiger partial charge in [-0.05, 0) is 74.7 Å². The third-order valence-corrected chi connectivity index (χ3v) is 7.34. The fourth-order valence-corrected chi connectivity index (χ4v) is 5.57. The first-order valence-electron chi connectivity index (χ1n) is 12.9. The molecule has 1 heterocycles. The van der Waals surface area contributed by atoms with Crippen molar-refractivity contribution in [3.8, 4) is 5.75 Å². The Morgan fingerprint density at radius 2 is 1.71 bits per heavy atom. The first-order chi connectivity index (χ1) is 19.2. The van der Waals surface area contributed by atoms with Crippen molar-refractivity contribution in [2.24, 2.45) is 0 Å². The van der Waals surface area contributed by atoms with Crippen LogP contribution in [0.3, 0.4) is 0 Å².